The minimum absolute atomic E-state index is 0. The van der Waals surface area contributed by atoms with Crippen LogP contribution in [0.15, 0.2) is 40.1 Å². The SMILES string of the molecule is CCC1(C)C(C)=C(C)C(C)=[C]1[Hf+2][C]1=C(C)C(C)=C(C)C1(C)CC.[H-].[H-]. The van der Waals surface area contributed by atoms with E-state index in [0.29, 0.717) is 10.8 Å². The molecule has 0 radical (unpaired) electrons. The molecule has 2 aliphatic carbocycles. The fraction of sp³-hybridized carbons (Fsp3) is 0.636. The van der Waals surface area contributed by atoms with E-state index in [-0.39, 0.29) is 2.85 Å². The molecular formula is C22H36Hf. The summed E-state index contributed by atoms with van der Waals surface area (Å²) in [4.78, 5) is 0. The second-order valence-electron chi connectivity index (χ2n) is 8.00. The molecule has 0 amide bonds. The standard InChI is InChI=1S/2C11H17.Hf.2H/c2*1-6-11(5)7-8(2)9(3)10(11)4;;;/h2*6H2,1-5H3;;;/q;;+2;2*-1. The van der Waals surface area contributed by atoms with Gasteiger partial charge in [0.05, 0.1) is 0 Å². The normalized spacial score (nSPS) is 31.7. The minimum atomic E-state index is -1.04. The Labute approximate surface area is 158 Å². The van der Waals surface area contributed by atoms with Crippen molar-refractivity contribution in [2.45, 2.75) is 82.1 Å². The van der Waals surface area contributed by atoms with Gasteiger partial charge in [-0.1, -0.05) is 0 Å². The molecule has 2 atom stereocenters. The summed E-state index contributed by atoms with van der Waals surface area (Å²) in [5.41, 5.74) is 10.4. The fourth-order valence-corrected chi connectivity index (χ4v) is 12.6. The van der Waals surface area contributed by atoms with Crippen molar-refractivity contribution < 1.29 is 25.8 Å². The fourth-order valence-electron chi connectivity index (χ4n) is 4.44. The predicted molar refractivity (Wildman–Crippen MR) is 101 cm³/mol. The van der Waals surface area contributed by atoms with Gasteiger partial charge in [0.1, 0.15) is 0 Å². The third kappa shape index (κ3) is 2.57. The number of allylic oxidation sites excluding steroid dienone is 8. The maximum absolute atomic E-state index is 2.51. The van der Waals surface area contributed by atoms with Crippen LogP contribution < -0.4 is 0 Å². The van der Waals surface area contributed by atoms with Crippen LogP contribution in [0, 0.1) is 10.8 Å². The molecule has 0 saturated heterocycles. The van der Waals surface area contributed by atoms with Gasteiger partial charge in [-0.25, -0.2) is 0 Å². The Morgan fingerprint density at radius 2 is 0.957 bits per heavy atom. The van der Waals surface area contributed by atoms with Gasteiger partial charge in [-0.3, -0.25) is 0 Å². The molecule has 0 saturated carbocycles. The molecule has 0 aromatic heterocycles. The van der Waals surface area contributed by atoms with Crippen molar-refractivity contribution >= 4 is 0 Å². The molecular weight excluding hydrogens is 443 g/mol. The first kappa shape index (κ1) is 19.2. The van der Waals surface area contributed by atoms with Crippen LogP contribution in [0.1, 0.15) is 84.9 Å². The summed E-state index contributed by atoms with van der Waals surface area (Å²) >= 11 is -1.04. The van der Waals surface area contributed by atoms with Crippen molar-refractivity contribution in [1.29, 1.82) is 0 Å². The number of rotatable bonds is 4. The van der Waals surface area contributed by atoms with Crippen molar-refractivity contribution in [3.63, 3.8) is 0 Å². The van der Waals surface area contributed by atoms with Gasteiger partial charge in [-0.05, 0) is 0 Å². The van der Waals surface area contributed by atoms with E-state index in [0.717, 1.165) is 0 Å². The predicted octanol–water partition coefficient (Wildman–Crippen LogP) is 7.37. The third-order valence-corrected chi connectivity index (χ3v) is 15.9. The molecule has 0 aliphatic heterocycles. The average molecular weight is 479 g/mol. The van der Waals surface area contributed by atoms with E-state index < -0.39 is 22.9 Å². The zero-order valence-electron chi connectivity index (χ0n) is 18.9. The molecule has 0 N–H and O–H groups in total. The molecule has 1 heteroatoms. The number of hydrogen-bond donors (Lipinski definition) is 0. The Kier molecular flexibility index (Phi) is 5.23. The Hall–Kier alpha value is -0.170. The molecule has 128 valence electrons. The quantitative estimate of drug-likeness (QED) is 0.370. The Bertz CT molecular complexity index is 620. The molecule has 0 spiro atoms. The second-order valence-corrected chi connectivity index (χ2v) is 12.5. The molecule has 2 unspecified atom stereocenters. The van der Waals surface area contributed by atoms with E-state index in [4.69, 9.17) is 0 Å². The van der Waals surface area contributed by atoms with Crippen LogP contribution in [-0.2, 0) is 22.9 Å². The van der Waals surface area contributed by atoms with Crippen LogP contribution in [0.3, 0.4) is 0 Å². The van der Waals surface area contributed by atoms with Crippen LogP contribution >= 0.6 is 0 Å². The van der Waals surface area contributed by atoms with E-state index in [1.54, 1.807) is 33.4 Å². The zero-order chi connectivity index (χ0) is 17.7. The van der Waals surface area contributed by atoms with E-state index >= 15 is 0 Å². The van der Waals surface area contributed by atoms with Gasteiger partial charge >= 0.3 is 156 Å². The van der Waals surface area contributed by atoms with Crippen LogP contribution in [-0.4, -0.2) is 0 Å². The minimum Gasteiger partial charge on any atom is -1.00 e. The zero-order valence-corrected chi connectivity index (χ0v) is 20.5. The average Bonchev–Trinajstić information content (AvgIpc) is 2.81. The van der Waals surface area contributed by atoms with E-state index in [2.05, 4.69) is 69.2 Å². The molecule has 0 aromatic rings. The molecule has 23 heavy (non-hydrogen) atoms. The smallest absolute Gasteiger partial charge is 1.00 e. The summed E-state index contributed by atoms with van der Waals surface area (Å²) in [6.07, 6.45) is 2.49. The van der Waals surface area contributed by atoms with Crippen molar-refractivity contribution in [3.05, 3.63) is 40.1 Å². The van der Waals surface area contributed by atoms with E-state index in [1.165, 1.54) is 12.8 Å². The van der Waals surface area contributed by atoms with Crippen LogP contribution in [0.2, 0.25) is 0 Å². The monoisotopic (exact) mass is 480 g/mol. The largest absolute Gasteiger partial charge is 1.00 e. The van der Waals surface area contributed by atoms with Gasteiger partial charge in [0, 0.05) is 0 Å². The van der Waals surface area contributed by atoms with Crippen LogP contribution in [0.25, 0.3) is 0 Å². The summed E-state index contributed by atoms with van der Waals surface area (Å²) in [5.74, 6) is 0. The summed E-state index contributed by atoms with van der Waals surface area (Å²) in [7, 11) is 0. The Morgan fingerprint density at radius 3 is 1.22 bits per heavy atom. The maximum atomic E-state index is 2.51. The Balaban J connectivity index is 0.00000288. The number of hydrogen-bond acceptors (Lipinski definition) is 0. The maximum Gasteiger partial charge on any atom is -1.00 e. The van der Waals surface area contributed by atoms with E-state index in [9.17, 15) is 0 Å². The third-order valence-electron chi connectivity index (χ3n) is 7.42. The van der Waals surface area contributed by atoms with Crippen molar-refractivity contribution in [3.8, 4) is 0 Å². The first-order valence-corrected chi connectivity index (χ1v) is 12.7. The van der Waals surface area contributed by atoms with Crippen molar-refractivity contribution in [1.82, 2.24) is 0 Å². The van der Waals surface area contributed by atoms with Crippen LogP contribution in [0.5, 0.6) is 0 Å². The van der Waals surface area contributed by atoms with E-state index in [1.807, 2.05) is 6.66 Å². The van der Waals surface area contributed by atoms with Gasteiger partial charge in [-0.2, -0.15) is 0 Å². The summed E-state index contributed by atoms with van der Waals surface area (Å²) in [6, 6.07) is 0. The van der Waals surface area contributed by atoms with Gasteiger partial charge in [-0.15, -0.1) is 0 Å². The molecule has 0 bridgehead atoms. The first-order chi connectivity index (χ1) is 10.6. The summed E-state index contributed by atoms with van der Waals surface area (Å²) in [5, 5.41) is 0. The van der Waals surface area contributed by atoms with Gasteiger partial charge in [0.25, 0.3) is 0 Å². The summed E-state index contributed by atoms with van der Waals surface area (Å²) < 4.78 is 3.73. The van der Waals surface area contributed by atoms with Gasteiger partial charge < -0.3 is 2.85 Å². The van der Waals surface area contributed by atoms with Crippen molar-refractivity contribution in [2.75, 3.05) is 0 Å². The molecule has 0 fully saturated rings. The van der Waals surface area contributed by atoms with Crippen LogP contribution in [0.4, 0.5) is 0 Å². The molecule has 0 aromatic carbocycles. The van der Waals surface area contributed by atoms with Gasteiger partial charge in [0.15, 0.2) is 0 Å². The second kappa shape index (κ2) is 6.28. The molecule has 0 nitrogen and oxygen atoms in total. The molecule has 0 heterocycles. The molecule has 2 aliphatic rings. The summed E-state index contributed by atoms with van der Waals surface area (Å²) in [6.45, 7) is 24.0. The Morgan fingerprint density at radius 1 is 0.652 bits per heavy atom. The first-order valence-electron chi connectivity index (χ1n) is 9.12. The molecule has 2 rings (SSSR count). The van der Waals surface area contributed by atoms with Crippen molar-refractivity contribution in [2.24, 2.45) is 10.8 Å². The topological polar surface area (TPSA) is 0 Å². The van der Waals surface area contributed by atoms with Gasteiger partial charge in [0.2, 0.25) is 0 Å².